The maximum absolute atomic E-state index is 12.5. The van der Waals surface area contributed by atoms with Gasteiger partial charge in [0.05, 0.1) is 0 Å². The van der Waals surface area contributed by atoms with Crippen LogP contribution in [-0.2, 0) is 9.59 Å². The molecule has 0 fully saturated rings. The first-order valence-electron chi connectivity index (χ1n) is 7.25. The number of nitrogens with zero attached hydrogens (tertiary/aromatic N) is 1. The molecule has 0 spiro atoms. The molecule has 2 amide bonds. The highest BCUT2D eigenvalue weighted by atomic mass is 35.5. The molecular formula is C18H16Cl2N2O2. The minimum atomic E-state index is -0.464. The molecule has 24 heavy (non-hydrogen) atoms. The van der Waals surface area contributed by atoms with Crippen molar-refractivity contribution in [1.29, 1.82) is 0 Å². The maximum Gasteiger partial charge on any atom is 0.251 e. The zero-order valence-electron chi connectivity index (χ0n) is 12.8. The van der Waals surface area contributed by atoms with Crippen LogP contribution in [0.3, 0.4) is 0 Å². The van der Waals surface area contributed by atoms with Crippen LogP contribution in [0.4, 0.5) is 5.69 Å². The lowest BCUT2D eigenvalue weighted by atomic mass is 10.2. The van der Waals surface area contributed by atoms with Crippen LogP contribution in [0.5, 0.6) is 0 Å². The van der Waals surface area contributed by atoms with Gasteiger partial charge in [-0.05, 0) is 35.9 Å². The highest BCUT2D eigenvalue weighted by Crippen LogP contribution is 2.22. The van der Waals surface area contributed by atoms with Gasteiger partial charge in [-0.2, -0.15) is 0 Å². The lowest BCUT2D eigenvalue weighted by Crippen LogP contribution is -2.32. The molecule has 0 bridgehead atoms. The first-order chi connectivity index (χ1) is 11.5. The Morgan fingerprint density at radius 2 is 1.79 bits per heavy atom. The van der Waals surface area contributed by atoms with Crippen molar-refractivity contribution in [2.75, 3.05) is 11.4 Å². The molecule has 4 nitrogen and oxygen atoms in total. The molecule has 6 heteroatoms. The summed E-state index contributed by atoms with van der Waals surface area (Å²) in [7, 11) is 0. The van der Waals surface area contributed by atoms with Crippen molar-refractivity contribution in [1.82, 2.24) is 0 Å². The second-order valence-electron chi connectivity index (χ2n) is 5.04. The second kappa shape index (κ2) is 8.52. The lowest BCUT2D eigenvalue weighted by Gasteiger charge is -2.20. The largest absolute Gasteiger partial charge is 0.370 e. The van der Waals surface area contributed by atoms with Gasteiger partial charge in [0.25, 0.3) is 5.91 Å². The molecule has 2 aromatic carbocycles. The van der Waals surface area contributed by atoms with E-state index < -0.39 is 5.91 Å². The fraction of sp³-hybridized carbons (Fsp3) is 0.111. The third-order valence-electron chi connectivity index (χ3n) is 3.28. The van der Waals surface area contributed by atoms with Crippen molar-refractivity contribution in [3.63, 3.8) is 0 Å². The first-order valence-corrected chi connectivity index (χ1v) is 8.01. The molecule has 0 aliphatic carbocycles. The Hall–Kier alpha value is -2.30. The number of hydrogen-bond donors (Lipinski definition) is 1. The molecule has 0 heterocycles. The first kappa shape index (κ1) is 18.0. The summed E-state index contributed by atoms with van der Waals surface area (Å²) in [6.07, 6.45) is 3.10. The number of amides is 2. The third-order valence-corrected chi connectivity index (χ3v) is 3.85. The van der Waals surface area contributed by atoms with Crippen LogP contribution in [0.15, 0.2) is 54.6 Å². The zero-order chi connectivity index (χ0) is 17.5. The molecular weight excluding hydrogens is 347 g/mol. The molecule has 0 unspecified atom stereocenters. The van der Waals surface area contributed by atoms with Crippen LogP contribution in [-0.4, -0.2) is 18.4 Å². The molecule has 2 N–H and O–H groups in total. The Balaban J connectivity index is 2.20. The average molecular weight is 363 g/mol. The van der Waals surface area contributed by atoms with Gasteiger partial charge in [-0.15, -0.1) is 0 Å². The molecule has 124 valence electrons. The predicted octanol–water partition coefficient (Wildman–Crippen LogP) is 3.92. The molecule has 0 aliphatic heterocycles. The fourth-order valence-electron chi connectivity index (χ4n) is 2.08. The summed E-state index contributed by atoms with van der Waals surface area (Å²) in [6, 6.07) is 14.1. The van der Waals surface area contributed by atoms with Gasteiger partial charge in [-0.25, -0.2) is 0 Å². The number of carbonyl (C=O) groups is 2. The summed E-state index contributed by atoms with van der Waals surface area (Å²) in [5, 5.41) is 0.978. The molecule has 0 aliphatic rings. The summed E-state index contributed by atoms with van der Waals surface area (Å²) in [6.45, 7) is 0.205. The quantitative estimate of drug-likeness (QED) is 0.791. The zero-order valence-corrected chi connectivity index (χ0v) is 14.3. The monoisotopic (exact) mass is 362 g/mol. The number of hydrogen-bond acceptors (Lipinski definition) is 2. The van der Waals surface area contributed by atoms with Gasteiger partial charge in [0.2, 0.25) is 5.91 Å². The summed E-state index contributed by atoms with van der Waals surface area (Å²) in [4.78, 5) is 25.1. The van der Waals surface area contributed by atoms with Gasteiger partial charge in [0.1, 0.15) is 0 Å². The van der Waals surface area contributed by atoms with Crippen LogP contribution in [0.2, 0.25) is 10.0 Å². The topological polar surface area (TPSA) is 63.4 Å². The van der Waals surface area contributed by atoms with E-state index in [9.17, 15) is 9.59 Å². The minimum absolute atomic E-state index is 0.0795. The number of halogens is 2. The number of primary amides is 1. The van der Waals surface area contributed by atoms with Crippen LogP contribution in [0.1, 0.15) is 12.0 Å². The van der Waals surface area contributed by atoms with Crippen molar-refractivity contribution >= 4 is 46.8 Å². The Bertz CT molecular complexity index is 761. The number of nitrogens with two attached hydrogens (primary N) is 1. The Kier molecular flexibility index (Phi) is 6.41. The number of benzene rings is 2. The summed E-state index contributed by atoms with van der Waals surface area (Å²) >= 11 is 11.9. The lowest BCUT2D eigenvalue weighted by molar-refractivity contribution is -0.118. The smallest absolute Gasteiger partial charge is 0.251 e. The molecule has 0 atom stereocenters. The number of anilines is 1. The van der Waals surface area contributed by atoms with Gasteiger partial charge < -0.3 is 10.6 Å². The van der Waals surface area contributed by atoms with Gasteiger partial charge >= 0.3 is 0 Å². The van der Waals surface area contributed by atoms with Gasteiger partial charge in [0, 0.05) is 34.8 Å². The van der Waals surface area contributed by atoms with Gasteiger partial charge in [0.15, 0.2) is 0 Å². The molecule has 2 aromatic rings. The van der Waals surface area contributed by atoms with E-state index in [1.54, 1.807) is 36.4 Å². The molecule has 0 saturated heterocycles. The second-order valence-corrected chi connectivity index (χ2v) is 5.88. The molecule has 0 aromatic heterocycles. The van der Waals surface area contributed by atoms with Crippen molar-refractivity contribution in [2.45, 2.75) is 6.42 Å². The maximum atomic E-state index is 12.5. The van der Waals surface area contributed by atoms with E-state index in [0.717, 1.165) is 0 Å². The van der Waals surface area contributed by atoms with Crippen LogP contribution in [0, 0.1) is 0 Å². The average Bonchev–Trinajstić information content (AvgIpc) is 2.55. The van der Waals surface area contributed by atoms with E-state index in [-0.39, 0.29) is 18.9 Å². The van der Waals surface area contributed by atoms with Crippen molar-refractivity contribution in [2.24, 2.45) is 5.73 Å². The number of rotatable bonds is 6. The van der Waals surface area contributed by atoms with Crippen molar-refractivity contribution in [3.8, 4) is 0 Å². The Morgan fingerprint density at radius 3 is 2.42 bits per heavy atom. The van der Waals surface area contributed by atoms with Gasteiger partial charge in [-0.3, -0.25) is 9.59 Å². The van der Waals surface area contributed by atoms with Gasteiger partial charge in [-0.1, -0.05) is 47.5 Å². The van der Waals surface area contributed by atoms with E-state index in [1.165, 1.54) is 11.0 Å². The van der Waals surface area contributed by atoms with Crippen molar-refractivity contribution in [3.05, 3.63) is 70.2 Å². The molecule has 0 saturated carbocycles. The third kappa shape index (κ3) is 5.11. The van der Waals surface area contributed by atoms with Crippen LogP contribution < -0.4 is 10.6 Å². The molecule has 2 rings (SSSR count). The number of carbonyl (C=O) groups excluding carboxylic acids is 2. The van der Waals surface area contributed by atoms with Crippen molar-refractivity contribution < 1.29 is 9.59 Å². The SMILES string of the molecule is NC(=O)CCN(C(=O)C=Cc1ccc(Cl)cc1Cl)c1ccccc1. The minimum Gasteiger partial charge on any atom is -0.370 e. The Morgan fingerprint density at radius 1 is 1.08 bits per heavy atom. The molecule has 0 radical (unpaired) electrons. The fourth-order valence-corrected chi connectivity index (χ4v) is 2.56. The number of para-hydroxylation sites is 1. The summed E-state index contributed by atoms with van der Waals surface area (Å²) < 4.78 is 0. The van der Waals surface area contributed by atoms with E-state index in [0.29, 0.717) is 21.3 Å². The van der Waals surface area contributed by atoms with Crippen LogP contribution in [0.25, 0.3) is 6.08 Å². The van der Waals surface area contributed by atoms with E-state index in [1.807, 2.05) is 18.2 Å². The summed E-state index contributed by atoms with van der Waals surface area (Å²) in [5.74, 6) is -0.734. The summed E-state index contributed by atoms with van der Waals surface area (Å²) in [5.41, 5.74) is 6.56. The standard InChI is InChI=1S/C18H16Cl2N2O2/c19-14-8-6-13(16(20)12-14)7-9-18(24)22(11-10-17(21)23)15-4-2-1-3-5-15/h1-9,12H,10-11H2,(H2,21,23). The highest BCUT2D eigenvalue weighted by Gasteiger charge is 2.14. The normalized spacial score (nSPS) is 10.8. The van der Waals surface area contributed by atoms with E-state index in [2.05, 4.69) is 0 Å². The van der Waals surface area contributed by atoms with E-state index in [4.69, 9.17) is 28.9 Å². The predicted molar refractivity (Wildman–Crippen MR) is 98.1 cm³/mol. The van der Waals surface area contributed by atoms with Crippen LogP contribution >= 0.6 is 23.2 Å². The Labute approximate surface area is 150 Å². The van der Waals surface area contributed by atoms with E-state index >= 15 is 0 Å². The highest BCUT2D eigenvalue weighted by molar-refractivity contribution is 6.35.